The van der Waals surface area contributed by atoms with Crippen molar-refractivity contribution in [3.05, 3.63) is 0 Å². The fourth-order valence-corrected chi connectivity index (χ4v) is 5.19. The van der Waals surface area contributed by atoms with E-state index in [2.05, 4.69) is 41.5 Å². The minimum Gasteiger partial charge on any atom is -0.462 e. The highest BCUT2D eigenvalue weighted by Crippen LogP contribution is 2.36. The highest BCUT2D eigenvalue weighted by atomic mass is 16.6. The number of aliphatic hydroxyl groups is 1. The maximum Gasteiger partial charge on any atom is 0.335 e. The summed E-state index contributed by atoms with van der Waals surface area (Å²) in [6.45, 7) is 13.0. The van der Waals surface area contributed by atoms with Crippen molar-refractivity contribution in [3.63, 3.8) is 0 Å². The molecule has 29 heavy (non-hydrogen) atoms. The zero-order valence-corrected chi connectivity index (χ0v) is 19.2. The van der Waals surface area contributed by atoms with Crippen LogP contribution in [-0.4, -0.2) is 35.4 Å². The molecule has 2 aliphatic rings. The molecule has 7 atom stereocenters. The molecule has 2 aliphatic carbocycles. The van der Waals surface area contributed by atoms with E-state index in [-0.39, 0.29) is 18.6 Å². The van der Waals surface area contributed by atoms with E-state index in [4.69, 9.17) is 9.47 Å². The Hall–Kier alpha value is -1.10. The fourth-order valence-electron chi connectivity index (χ4n) is 5.19. The van der Waals surface area contributed by atoms with Crippen LogP contribution in [0.2, 0.25) is 0 Å². The number of esters is 2. The normalized spacial score (nSPS) is 34.1. The van der Waals surface area contributed by atoms with Gasteiger partial charge < -0.3 is 14.6 Å². The van der Waals surface area contributed by atoms with Crippen molar-refractivity contribution in [2.75, 3.05) is 0 Å². The Kier molecular flexibility index (Phi) is 8.99. The van der Waals surface area contributed by atoms with Crippen LogP contribution in [0, 0.1) is 35.5 Å². The average molecular weight is 411 g/mol. The van der Waals surface area contributed by atoms with E-state index in [1.165, 1.54) is 0 Å². The first-order chi connectivity index (χ1) is 13.6. The lowest BCUT2D eigenvalue weighted by Crippen LogP contribution is -2.40. The molecule has 0 saturated heterocycles. The molecule has 0 radical (unpaired) electrons. The maximum atomic E-state index is 12.5. The summed E-state index contributed by atoms with van der Waals surface area (Å²) < 4.78 is 11.4. The van der Waals surface area contributed by atoms with Gasteiger partial charge in [0.2, 0.25) is 0 Å². The lowest BCUT2D eigenvalue weighted by atomic mass is 9.75. The molecule has 168 valence electrons. The first-order valence-corrected chi connectivity index (χ1v) is 11.7. The molecule has 5 nitrogen and oxygen atoms in total. The SMILES string of the molecule is CC1CCC(C(C)C)C(OC(=O)CC(O)C(=O)OC2CC(C)CCC2C(C)C)C1. The number of aliphatic hydroxyl groups excluding tert-OH is 1. The van der Waals surface area contributed by atoms with E-state index in [0.717, 1.165) is 38.5 Å². The number of hydrogen-bond acceptors (Lipinski definition) is 5. The molecule has 0 amide bonds. The van der Waals surface area contributed by atoms with Crippen molar-refractivity contribution >= 4 is 11.9 Å². The molecule has 1 N–H and O–H groups in total. The van der Waals surface area contributed by atoms with Crippen molar-refractivity contribution in [2.45, 2.75) is 105 Å². The predicted molar refractivity (Wildman–Crippen MR) is 113 cm³/mol. The Morgan fingerprint density at radius 1 is 0.828 bits per heavy atom. The van der Waals surface area contributed by atoms with Gasteiger partial charge in [-0.25, -0.2) is 4.79 Å². The molecular formula is C24H42O5. The quantitative estimate of drug-likeness (QED) is 0.613. The van der Waals surface area contributed by atoms with E-state index in [0.29, 0.717) is 35.5 Å². The first kappa shape index (κ1) is 24.2. The minimum atomic E-state index is -1.45. The zero-order valence-electron chi connectivity index (χ0n) is 19.2. The summed E-state index contributed by atoms with van der Waals surface area (Å²) in [5, 5.41) is 10.3. The van der Waals surface area contributed by atoms with E-state index in [9.17, 15) is 14.7 Å². The molecule has 5 heteroatoms. The molecule has 0 aliphatic heterocycles. The molecule has 2 saturated carbocycles. The molecule has 7 unspecified atom stereocenters. The Morgan fingerprint density at radius 2 is 1.28 bits per heavy atom. The van der Waals surface area contributed by atoms with E-state index in [1.807, 2.05) is 0 Å². The number of rotatable bonds is 7. The highest BCUT2D eigenvalue weighted by Gasteiger charge is 2.37. The molecule has 0 aromatic carbocycles. The van der Waals surface area contributed by atoms with Crippen LogP contribution in [0.3, 0.4) is 0 Å². The van der Waals surface area contributed by atoms with Gasteiger partial charge in [0.15, 0.2) is 6.10 Å². The van der Waals surface area contributed by atoms with Gasteiger partial charge >= 0.3 is 11.9 Å². The van der Waals surface area contributed by atoms with Crippen molar-refractivity contribution in [3.8, 4) is 0 Å². The van der Waals surface area contributed by atoms with Crippen molar-refractivity contribution in [1.29, 1.82) is 0 Å². The lowest BCUT2D eigenvalue weighted by Gasteiger charge is -2.37. The average Bonchev–Trinajstić information content (AvgIpc) is 2.61. The molecular weight excluding hydrogens is 368 g/mol. The molecule has 0 bridgehead atoms. The van der Waals surface area contributed by atoms with E-state index in [1.54, 1.807) is 0 Å². The Labute approximate surface area is 176 Å². The van der Waals surface area contributed by atoms with Crippen molar-refractivity contribution in [2.24, 2.45) is 35.5 Å². The lowest BCUT2D eigenvalue weighted by molar-refractivity contribution is -0.172. The van der Waals surface area contributed by atoms with Crippen LogP contribution in [0.15, 0.2) is 0 Å². The van der Waals surface area contributed by atoms with Crippen LogP contribution in [0.5, 0.6) is 0 Å². The summed E-state index contributed by atoms with van der Waals surface area (Å²) in [4.78, 5) is 24.9. The second kappa shape index (κ2) is 10.8. The van der Waals surface area contributed by atoms with Crippen LogP contribution in [0.25, 0.3) is 0 Å². The van der Waals surface area contributed by atoms with Gasteiger partial charge in [-0.05, 0) is 61.2 Å². The van der Waals surface area contributed by atoms with E-state index >= 15 is 0 Å². The third-order valence-corrected chi connectivity index (χ3v) is 7.11. The summed E-state index contributed by atoms with van der Waals surface area (Å²) in [5.74, 6) is 1.35. The van der Waals surface area contributed by atoms with Gasteiger partial charge in [0.05, 0.1) is 6.42 Å². The number of ether oxygens (including phenoxy) is 2. The van der Waals surface area contributed by atoms with Gasteiger partial charge in [-0.1, -0.05) is 54.4 Å². The minimum absolute atomic E-state index is 0.126. The smallest absolute Gasteiger partial charge is 0.335 e. The Morgan fingerprint density at radius 3 is 1.72 bits per heavy atom. The summed E-state index contributed by atoms with van der Waals surface area (Å²) in [6, 6.07) is 0. The summed E-state index contributed by atoms with van der Waals surface area (Å²) in [5.41, 5.74) is 0. The third-order valence-electron chi connectivity index (χ3n) is 7.11. The highest BCUT2D eigenvalue weighted by molar-refractivity contribution is 5.81. The summed E-state index contributed by atoms with van der Waals surface area (Å²) in [6.07, 6.45) is 3.97. The van der Waals surface area contributed by atoms with Gasteiger partial charge in [-0.3, -0.25) is 4.79 Å². The van der Waals surface area contributed by atoms with Gasteiger partial charge in [0.1, 0.15) is 12.2 Å². The third kappa shape index (κ3) is 6.97. The number of hydrogen-bond donors (Lipinski definition) is 1. The summed E-state index contributed by atoms with van der Waals surface area (Å²) in [7, 11) is 0. The van der Waals surface area contributed by atoms with Crippen LogP contribution in [-0.2, 0) is 19.1 Å². The molecule has 2 fully saturated rings. The molecule has 0 aromatic heterocycles. The zero-order chi connectivity index (χ0) is 21.7. The molecule has 0 spiro atoms. The van der Waals surface area contributed by atoms with Crippen LogP contribution < -0.4 is 0 Å². The fraction of sp³-hybridized carbons (Fsp3) is 0.917. The van der Waals surface area contributed by atoms with Gasteiger partial charge in [0, 0.05) is 0 Å². The second-order valence-electron chi connectivity index (χ2n) is 10.4. The van der Waals surface area contributed by atoms with Crippen molar-refractivity contribution in [1.82, 2.24) is 0 Å². The van der Waals surface area contributed by atoms with E-state index < -0.39 is 18.0 Å². The van der Waals surface area contributed by atoms with Gasteiger partial charge in [0.25, 0.3) is 0 Å². The van der Waals surface area contributed by atoms with Gasteiger partial charge in [-0.15, -0.1) is 0 Å². The summed E-state index contributed by atoms with van der Waals surface area (Å²) >= 11 is 0. The van der Waals surface area contributed by atoms with Crippen LogP contribution in [0.1, 0.15) is 86.5 Å². The first-order valence-electron chi connectivity index (χ1n) is 11.7. The number of carbonyl (C=O) groups excluding carboxylic acids is 2. The van der Waals surface area contributed by atoms with Gasteiger partial charge in [-0.2, -0.15) is 0 Å². The monoisotopic (exact) mass is 410 g/mol. The Bertz CT molecular complexity index is 543. The topological polar surface area (TPSA) is 72.8 Å². The Balaban J connectivity index is 1.88. The predicted octanol–water partition coefficient (Wildman–Crippen LogP) is 4.75. The van der Waals surface area contributed by atoms with Crippen LogP contribution >= 0.6 is 0 Å². The van der Waals surface area contributed by atoms with Crippen LogP contribution in [0.4, 0.5) is 0 Å². The molecule has 0 aromatic rings. The molecule has 2 rings (SSSR count). The second-order valence-corrected chi connectivity index (χ2v) is 10.4. The van der Waals surface area contributed by atoms with Crippen molar-refractivity contribution < 1.29 is 24.2 Å². The largest absolute Gasteiger partial charge is 0.462 e. The number of carbonyl (C=O) groups is 2. The maximum absolute atomic E-state index is 12.5. The standard InChI is InChI=1S/C24H42O5/c1-14(2)18-9-7-16(5)11-21(18)28-23(26)13-20(25)24(27)29-22-12-17(6)8-10-19(22)15(3)4/h14-22,25H,7-13H2,1-6H3. The molecule has 0 heterocycles.